The van der Waals surface area contributed by atoms with Crippen LogP contribution in [0.1, 0.15) is 36.5 Å². The van der Waals surface area contributed by atoms with Gasteiger partial charge in [0.25, 0.3) is 5.91 Å². The highest BCUT2D eigenvalue weighted by molar-refractivity contribution is 6.33. The van der Waals surface area contributed by atoms with Crippen LogP contribution in [-0.2, 0) is 0 Å². The summed E-state index contributed by atoms with van der Waals surface area (Å²) in [6.07, 6.45) is 2.82. The van der Waals surface area contributed by atoms with Crippen LogP contribution in [0.25, 0.3) is 0 Å². The molecule has 0 saturated carbocycles. The van der Waals surface area contributed by atoms with Gasteiger partial charge in [-0.3, -0.25) is 4.79 Å². The van der Waals surface area contributed by atoms with Crippen molar-refractivity contribution >= 4 is 17.5 Å². The van der Waals surface area contributed by atoms with Crippen molar-refractivity contribution in [1.82, 2.24) is 4.90 Å². The Morgan fingerprint density at radius 1 is 1.53 bits per heavy atom. The molecule has 0 spiro atoms. The fourth-order valence-corrected chi connectivity index (χ4v) is 2.85. The SMILES string of the molecule is CC(N)C1CCCCN1C(=O)c1c(F)cccc1Cl. The van der Waals surface area contributed by atoms with Crippen molar-refractivity contribution in [3.8, 4) is 0 Å². The minimum Gasteiger partial charge on any atom is -0.334 e. The number of amides is 1. The van der Waals surface area contributed by atoms with E-state index in [9.17, 15) is 9.18 Å². The number of hydrogen-bond donors (Lipinski definition) is 1. The molecule has 2 rings (SSSR count). The molecule has 0 aliphatic carbocycles. The summed E-state index contributed by atoms with van der Waals surface area (Å²) in [6, 6.07) is 4.10. The third-order valence-electron chi connectivity index (χ3n) is 3.59. The second kappa shape index (κ2) is 5.88. The first-order valence-electron chi connectivity index (χ1n) is 6.53. The van der Waals surface area contributed by atoms with E-state index in [4.69, 9.17) is 17.3 Å². The Hall–Kier alpha value is -1.13. The number of carbonyl (C=O) groups is 1. The van der Waals surface area contributed by atoms with Crippen molar-refractivity contribution in [2.24, 2.45) is 5.73 Å². The van der Waals surface area contributed by atoms with Gasteiger partial charge in [0, 0.05) is 18.6 Å². The highest BCUT2D eigenvalue weighted by Crippen LogP contribution is 2.26. The van der Waals surface area contributed by atoms with Crippen molar-refractivity contribution in [2.75, 3.05) is 6.54 Å². The van der Waals surface area contributed by atoms with E-state index in [1.54, 1.807) is 4.90 Å². The summed E-state index contributed by atoms with van der Waals surface area (Å²) in [5.74, 6) is -0.934. The van der Waals surface area contributed by atoms with Crippen LogP contribution in [0.3, 0.4) is 0 Å². The first-order valence-corrected chi connectivity index (χ1v) is 6.90. The molecule has 1 aromatic carbocycles. The molecule has 19 heavy (non-hydrogen) atoms. The van der Waals surface area contributed by atoms with E-state index in [-0.39, 0.29) is 28.6 Å². The van der Waals surface area contributed by atoms with Crippen molar-refractivity contribution in [1.29, 1.82) is 0 Å². The lowest BCUT2D eigenvalue weighted by atomic mass is 9.96. The van der Waals surface area contributed by atoms with Crippen LogP contribution < -0.4 is 5.73 Å². The van der Waals surface area contributed by atoms with Gasteiger partial charge in [-0.1, -0.05) is 17.7 Å². The van der Waals surface area contributed by atoms with Gasteiger partial charge in [0.2, 0.25) is 0 Å². The number of piperidine rings is 1. The van der Waals surface area contributed by atoms with Crippen LogP contribution in [0.4, 0.5) is 4.39 Å². The highest BCUT2D eigenvalue weighted by Gasteiger charge is 2.31. The number of nitrogens with two attached hydrogens (primary N) is 1. The van der Waals surface area contributed by atoms with E-state index < -0.39 is 5.82 Å². The topological polar surface area (TPSA) is 46.3 Å². The number of nitrogens with zero attached hydrogens (tertiary/aromatic N) is 1. The molecule has 1 heterocycles. The molecular formula is C14H18ClFN2O. The molecule has 104 valence electrons. The molecule has 1 aliphatic rings. The van der Waals surface area contributed by atoms with Gasteiger partial charge >= 0.3 is 0 Å². The Balaban J connectivity index is 2.32. The van der Waals surface area contributed by atoms with Crippen molar-refractivity contribution in [3.05, 3.63) is 34.6 Å². The summed E-state index contributed by atoms with van der Waals surface area (Å²) >= 11 is 5.95. The number of rotatable bonds is 2. The van der Waals surface area contributed by atoms with Gasteiger partial charge in [0.1, 0.15) is 5.82 Å². The van der Waals surface area contributed by atoms with E-state index in [1.165, 1.54) is 18.2 Å². The molecule has 0 radical (unpaired) electrons. The summed E-state index contributed by atoms with van der Waals surface area (Å²) in [7, 11) is 0. The summed E-state index contributed by atoms with van der Waals surface area (Å²) in [6.45, 7) is 2.48. The Morgan fingerprint density at radius 3 is 2.89 bits per heavy atom. The first-order chi connectivity index (χ1) is 9.02. The van der Waals surface area contributed by atoms with E-state index in [2.05, 4.69) is 0 Å². The molecule has 5 heteroatoms. The normalized spacial score (nSPS) is 21.3. The minimum absolute atomic E-state index is 0.0445. The fraction of sp³-hybridized carbons (Fsp3) is 0.500. The van der Waals surface area contributed by atoms with Crippen LogP contribution >= 0.6 is 11.6 Å². The second-order valence-electron chi connectivity index (χ2n) is 5.02. The van der Waals surface area contributed by atoms with Crippen LogP contribution in [0.15, 0.2) is 18.2 Å². The molecule has 2 N–H and O–H groups in total. The average molecular weight is 285 g/mol. The molecule has 2 atom stereocenters. The summed E-state index contributed by atoms with van der Waals surface area (Å²) in [5, 5.41) is 0.152. The first kappa shape index (κ1) is 14.3. The van der Waals surface area contributed by atoms with Crippen molar-refractivity contribution in [3.63, 3.8) is 0 Å². The predicted octanol–water partition coefficient (Wildman–Crippen LogP) is 2.82. The van der Waals surface area contributed by atoms with Gasteiger partial charge in [-0.15, -0.1) is 0 Å². The van der Waals surface area contributed by atoms with Crippen molar-refractivity contribution < 1.29 is 9.18 Å². The Kier molecular flexibility index (Phi) is 4.42. The van der Waals surface area contributed by atoms with E-state index in [0.717, 1.165) is 19.3 Å². The van der Waals surface area contributed by atoms with Crippen LogP contribution in [-0.4, -0.2) is 29.4 Å². The number of hydrogen-bond acceptors (Lipinski definition) is 2. The average Bonchev–Trinajstić information content (AvgIpc) is 2.38. The maximum absolute atomic E-state index is 13.8. The lowest BCUT2D eigenvalue weighted by molar-refractivity contribution is 0.0579. The van der Waals surface area contributed by atoms with E-state index >= 15 is 0 Å². The van der Waals surface area contributed by atoms with Gasteiger partial charge < -0.3 is 10.6 Å². The summed E-state index contributed by atoms with van der Waals surface area (Å²) in [5.41, 5.74) is 5.88. The monoisotopic (exact) mass is 284 g/mol. The molecule has 1 fully saturated rings. The molecule has 3 nitrogen and oxygen atoms in total. The van der Waals surface area contributed by atoms with Crippen LogP contribution in [0.2, 0.25) is 5.02 Å². The quantitative estimate of drug-likeness (QED) is 0.908. The molecular weight excluding hydrogens is 267 g/mol. The van der Waals surface area contributed by atoms with Crippen LogP contribution in [0.5, 0.6) is 0 Å². The van der Waals surface area contributed by atoms with Gasteiger partial charge in [0.05, 0.1) is 10.6 Å². The lowest BCUT2D eigenvalue weighted by Crippen LogP contribution is -2.51. The van der Waals surface area contributed by atoms with Gasteiger partial charge in [-0.05, 0) is 38.3 Å². The predicted molar refractivity (Wildman–Crippen MR) is 73.7 cm³/mol. The second-order valence-corrected chi connectivity index (χ2v) is 5.42. The maximum Gasteiger partial charge on any atom is 0.258 e. The van der Waals surface area contributed by atoms with E-state index in [1.807, 2.05) is 6.92 Å². The molecule has 1 saturated heterocycles. The number of halogens is 2. The molecule has 2 unspecified atom stereocenters. The minimum atomic E-state index is -0.577. The molecule has 0 aromatic heterocycles. The largest absolute Gasteiger partial charge is 0.334 e. The zero-order valence-corrected chi connectivity index (χ0v) is 11.7. The van der Waals surface area contributed by atoms with Gasteiger partial charge in [-0.25, -0.2) is 4.39 Å². The third kappa shape index (κ3) is 2.90. The van der Waals surface area contributed by atoms with Crippen LogP contribution in [0, 0.1) is 5.82 Å². The lowest BCUT2D eigenvalue weighted by Gasteiger charge is -2.38. The molecule has 1 aromatic rings. The Labute approximate surface area is 117 Å². The number of likely N-dealkylation sites (tertiary alicyclic amines) is 1. The standard InChI is InChI=1S/C14H18ClFN2O/c1-9(17)12-7-2-3-8-18(12)14(19)13-10(15)5-4-6-11(13)16/h4-6,9,12H,2-3,7-8,17H2,1H3. The zero-order valence-electron chi connectivity index (χ0n) is 10.9. The fourth-order valence-electron chi connectivity index (χ4n) is 2.60. The van der Waals surface area contributed by atoms with E-state index in [0.29, 0.717) is 6.54 Å². The van der Waals surface area contributed by atoms with Gasteiger partial charge in [0.15, 0.2) is 0 Å². The number of carbonyl (C=O) groups excluding carboxylic acids is 1. The molecule has 1 aliphatic heterocycles. The zero-order chi connectivity index (χ0) is 14.0. The third-order valence-corrected chi connectivity index (χ3v) is 3.91. The van der Waals surface area contributed by atoms with Crippen molar-refractivity contribution in [2.45, 2.75) is 38.3 Å². The Morgan fingerprint density at radius 2 is 2.26 bits per heavy atom. The summed E-state index contributed by atoms with van der Waals surface area (Å²) in [4.78, 5) is 14.2. The smallest absolute Gasteiger partial charge is 0.258 e. The number of benzene rings is 1. The maximum atomic E-state index is 13.8. The molecule has 0 bridgehead atoms. The summed E-state index contributed by atoms with van der Waals surface area (Å²) < 4.78 is 13.8. The highest BCUT2D eigenvalue weighted by atomic mass is 35.5. The van der Waals surface area contributed by atoms with Gasteiger partial charge in [-0.2, -0.15) is 0 Å². The molecule has 1 amide bonds. The Bertz CT molecular complexity index is 458.